The first-order valence-corrected chi connectivity index (χ1v) is 12.3. The number of carbonyl (C=O) groups is 3. The van der Waals surface area contributed by atoms with Gasteiger partial charge in [0.15, 0.2) is 0 Å². The van der Waals surface area contributed by atoms with Gasteiger partial charge in [0.05, 0.1) is 18.1 Å². The summed E-state index contributed by atoms with van der Waals surface area (Å²) in [4.78, 5) is 44.3. The first-order chi connectivity index (χ1) is 16.6. The lowest BCUT2D eigenvalue weighted by molar-refractivity contribution is -0.144. The molecule has 3 N–H and O–H groups in total. The first kappa shape index (κ1) is 29.4. The van der Waals surface area contributed by atoms with Crippen molar-refractivity contribution in [3.63, 3.8) is 0 Å². The Morgan fingerprint density at radius 2 is 1.92 bits per heavy atom. The highest BCUT2D eigenvalue weighted by Crippen LogP contribution is 2.31. The highest BCUT2D eigenvalue weighted by atomic mass is 35.5. The van der Waals surface area contributed by atoms with Crippen molar-refractivity contribution in [2.24, 2.45) is 10.5 Å². The Hall–Kier alpha value is -2.81. The molecule has 0 saturated carbocycles. The van der Waals surface area contributed by atoms with Crippen LogP contribution in [0.3, 0.4) is 0 Å². The highest BCUT2D eigenvalue weighted by Gasteiger charge is 2.45. The summed E-state index contributed by atoms with van der Waals surface area (Å²) in [6, 6.07) is 5.34. The highest BCUT2D eigenvalue weighted by molar-refractivity contribution is 5.94. The molecule has 1 heterocycles. The zero-order valence-corrected chi connectivity index (χ0v) is 22.5. The minimum absolute atomic E-state index is 0. The van der Waals surface area contributed by atoms with Crippen molar-refractivity contribution in [1.82, 2.24) is 20.9 Å². The molecule has 0 bridgehead atoms. The molecular formula is C25H38ClN7O3. The number of halogens is 1. The third-order valence-electron chi connectivity index (χ3n) is 6.99. The molecule has 1 aliphatic carbocycles. The molecule has 2 aliphatic rings. The van der Waals surface area contributed by atoms with Crippen molar-refractivity contribution in [3.05, 3.63) is 45.8 Å². The largest absolute Gasteiger partial charge is 0.347 e. The number of nitrogens with one attached hydrogen (secondary N) is 3. The number of rotatable bonds is 7. The first-order valence-electron chi connectivity index (χ1n) is 12.3. The van der Waals surface area contributed by atoms with Gasteiger partial charge in [-0.05, 0) is 61.7 Å². The molecule has 10 nitrogen and oxygen atoms in total. The van der Waals surface area contributed by atoms with Gasteiger partial charge in [-0.15, -0.1) is 12.4 Å². The van der Waals surface area contributed by atoms with Gasteiger partial charge in [-0.25, -0.2) is 0 Å². The molecule has 1 saturated heterocycles. The minimum atomic E-state index is -0.846. The number of hydrogen-bond acceptors (Lipinski definition) is 5. The SMILES string of the molecule is CN[C@@H](C)C(=O)N[C@H](C(=O)N1C[C@@H](N=[N+]=[N-])C[C@H]1C(=O)N[C@@H]1CCCc2ccccc21)C(C)(C)C.Cl. The van der Waals surface area contributed by atoms with Crippen molar-refractivity contribution in [2.75, 3.05) is 13.6 Å². The van der Waals surface area contributed by atoms with Gasteiger partial charge in [-0.1, -0.05) is 50.2 Å². The summed E-state index contributed by atoms with van der Waals surface area (Å²) in [5, 5.41) is 12.7. The van der Waals surface area contributed by atoms with Crippen molar-refractivity contribution >= 4 is 30.1 Å². The lowest BCUT2D eigenvalue weighted by atomic mass is 9.85. The van der Waals surface area contributed by atoms with Gasteiger partial charge in [0.2, 0.25) is 17.7 Å². The molecule has 5 atom stereocenters. The maximum Gasteiger partial charge on any atom is 0.246 e. The summed E-state index contributed by atoms with van der Waals surface area (Å²) in [5.74, 6) is -0.918. The molecule has 0 radical (unpaired) electrons. The average Bonchev–Trinajstić information content (AvgIpc) is 3.25. The van der Waals surface area contributed by atoms with E-state index in [4.69, 9.17) is 5.53 Å². The number of fused-ring (bicyclic) bond motifs is 1. The zero-order valence-electron chi connectivity index (χ0n) is 21.7. The quantitative estimate of drug-likeness (QED) is 0.289. The maximum absolute atomic E-state index is 13.8. The Morgan fingerprint density at radius 1 is 1.22 bits per heavy atom. The number of benzene rings is 1. The van der Waals surface area contributed by atoms with E-state index in [1.165, 1.54) is 10.5 Å². The molecule has 11 heteroatoms. The van der Waals surface area contributed by atoms with Gasteiger partial charge in [0.25, 0.3) is 0 Å². The fraction of sp³-hybridized carbons (Fsp3) is 0.640. The smallest absolute Gasteiger partial charge is 0.246 e. The summed E-state index contributed by atoms with van der Waals surface area (Å²) in [5.41, 5.74) is 10.7. The number of hydrogen-bond donors (Lipinski definition) is 3. The fourth-order valence-electron chi connectivity index (χ4n) is 4.85. The number of nitrogens with zero attached hydrogens (tertiary/aromatic N) is 4. The van der Waals surface area contributed by atoms with Crippen LogP contribution in [-0.2, 0) is 20.8 Å². The third kappa shape index (κ3) is 6.69. The second-order valence-corrected chi connectivity index (χ2v) is 10.6. The lowest BCUT2D eigenvalue weighted by Crippen LogP contribution is -2.59. The van der Waals surface area contributed by atoms with Crippen LogP contribution in [0, 0.1) is 5.41 Å². The molecule has 1 aromatic rings. The van der Waals surface area contributed by atoms with E-state index in [1.807, 2.05) is 39.0 Å². The van der Waals surface area contributed by atoms with E-state index in [9.17, 15) is 14.4 Å². The van der Waals surface area contributed by atoms with E-state index in [-0.39, 0.29) is 49.1 Å². The van der Waals surface area contributed by atoms with Crippen molar-refractivity contribution in [1.29, 1.82) is 0 Å². The number of aryl methyl sites for hydroxylation is 1. The molecule has 1 fully saturated rings. The van der Waals surface area contributed by atoms with E-state index >= 15 is 0 Å². The topological polar surface area (TPSA) is 139 Å². The van der Waals surface area contributed by atoms with Crippen LogP contribution in [0.2, 0.25) is 0 Å². The van der Waals surface area contributed by atoms with Gasteiger partial charge in [-0.2, -0.15) is 0 Å². The number of azide groups is 1. The second-order valence-electron chi connectivity index (χ2n) is 10.6. The van der Waals surface area contributed by atoms with Crippen molar-refractivity contribution < 1.29 is 14.4 Å². The van der Waals surface area contributed by atoms with Crippen LogP contribution in [0.5, 0.6) is 0 Å². The van der Waals surface area contributed by atoms with Crippen LogP contribution < -0.4 is 16.0 Å². The lowest BCUT2D eigenvalue weighted by Gasteiger charge is -2.36. The minimum Gasteiger partial charge on any atom is -0.347 e. The molecule has 0 spiro atoms. The number of carbonyl (C=O) groups excluding carboxylic acids is 3. The van der Waals surface area contributed by atoms with Crippen LogP contribution >= 0.6 is 12.4 Å². The standard InChI is InChI=1S/C25H37N7O3.ClH/c1-15(27-5)22(33)29-21(25(2,3)4)24(35)32-14-17(30-31-26)13-20(32)23(34)28-19-12-8-10-16-9-6-7-11-18(16)19;/h6-7,9,11,15,17,19-21,27H,8,10,12-14H2,1-5H3,(H,28,34)(H,29,33);1H/t15-,17-,19+,20-,21+;/m0./s1. The van der Waals surface area contributed by atoms with Crippen LogP contribution in [0.15, 0.2) is 29.4 Å². The summed E-state index contributed by atoms with van der Waals surface area (Å²) in [6.45, 7) is 7.45. The summed E-state index contributed by atoms with van der Waals surface area (Å²) >= 11 is 0. The Bertz CT molecular complexity index is 1010. The van der Waals surface area contributed by atoms with E-state index in [1.54, 1.807) is 14.0 Å². The van der Waals surface area contributed by atoms with Gasteiger partial charge < -0.3 is 20.9 Å². The van der Waals surface area contributed by atoms with E-state index in [0.29, 0.717) is 0 Å². The molecule has 0 unspecified atom stereocenters. The van der Waals surface area contributed by atoms with Gasteiger partial charge in [0, 0.05) is 11.5 Å². The Kier molecular flexibility index (Phi) is 10.2. The van der Waals surface area contributed by atoms with Crippen LogP contribution in [0.1, 0.15) is 64.1 Å². The molecule has 198 valence electrons. The second kappa shape index (κ2) is 12.4. The summed E-state index contributed by atoms with van der Waals surface area (Å²) in [7, 11) is 1.67. The Morgan fingerprint density at radius 3 is 2.56 bits per heavy atom. The molecular weight excluding hydrogens is 482 g/mol. The predicted octanol–water partition coefficient (Wildman–Crippen LogP) is 3.02. The normalized spacial score (nSPS) is 22.8. The van der Waals surface area contributed by atoms with Crippen LogP contribution in [-0.4, -0.2) is 60.4 Å². The Labute approximate surface area is 219 Å². The van der Waals surface area contributed by atoms with E-state index in [2.05, 4.69) is 32.0 Å². The zero-order chi connectivity index (χ0) is 25.8. The number of likely N-dealkylation sites (N-methyl/N-ethyl adjacent to an activating group) is 1. The average molecular weight is 520 g/mol. The van der Waals surface area contributed by atoms with Gasteiger partial charge >= 0.3 is 0 Å². The molecule has 3 rings (SSSR count). The van der Waals surface area contributed by atoms with Crippen molar-refractivity contribution in [3.8, 4) is 0 Å². The predicted molar refractivity (Wildman–Crippen MR) is 140 cm³/mol. The molecule has 0 aromatic heterocycles. The van der Waals surface area contributed by atoms with E-state index < -0.39 is 29.6 Å². The van der Waals surface area contributed by atoms with Crippen LogP contribution in [0.4, 0.5) is 0 Å². The Balaban J connectivity index is 0.00000456. The van der Waals surface area contributed by atoms with E-state index in [0.717, 1.165) is 24.8 Å². The molecule has 3 amide bonds. The van der Waals surface area contributed by atoms with Crippen molar-refractivity contribution in [2.45, 2.75) is 83.6 Å². The summed E-state index contributed by atoms with van der Waals surface area (Å²) in [6.07, 6.45) is 3.02. The van der Waals surface area contributed by atoms with Gasteiger partial charge in [0.1, 0.15) is 12.1 Å². The molecule has 1 aromatic carbocycles. The summed E-state index contributed by atoms with van der Waals surface area (Å²) < 4.78 is 0. The number of likely N-dealkylation sites (tertiary alicyclic amines) is 1. The van der Waals surface area contributed by atoms with Crippen LogP contribution in [0.25, 0.3) is 10.4 Å². The fourth-order valence-corrected chi connectivity index (χ4v) is 4.85. The maximum atomic E-state index is 13.8. The monoisotopic (exact) mass is 519 g/mol. The molecule has 36 heavy (non-hydrogen) atoms. The van der Waals surface area contributed by atoms with Gasteiger partial charge in [-0.3, -0.25) is 14.4 Å². The molecule has 1 aliphatic heterocycles. The third-order valence-corrected chi connectivity index (χ3v) is 6.99. The number of amides is 3.